The van der Waals surface area contributed by atoms with E-state index in [9.17, 15) is 4.79 Å². The quantitative estimate of drug-likeness (QED) is 0.438. The number of hydrogen-bond donors (Lipinski definition) is 2. The first-order chi connectivity index (χ1) is 10.2. The van der Waals surface area contributed by atoms with Gasteiger partial charge in [0, 0.05) is 24.5 Å². The number of nitrogens with one attached hydrogen (secondary N) is 2. The van der Waals surface area contributed by atoms with Crippen molar-refractivity contribution < 1.29 is 9.53 Å². The van der Waals surface area contributed by atoms with Crippen LogP contribution >= 0.6 is 11.3 Å². The molecule has 0 aromatic carbocycles. The number of nitrogens with zero attached hydrogens (tertiary/aromatic N) is 1. The molecule has 0 amide bonds. The number of methoxy groups -OCH3 is 1. The van der Waals surface area contributed by atoms with Crippen molar-refractivity contribution in [3.8, 4) is 0 Å². The lowest BCUT2D eigenvalue weighted by atomic mass is 10.1. The molecule has 0 fully saturated rings. The van der Waals surface area contributed by atoms with Crippen LogP contribution in [0.3, 0.4) is 0 Å². The van der Waals surface area contributed by atoms with Gasteiger partial charge in [-0.05, 0) is 30.7 Å². The van der Waals surface area contributed by atoms with Crippen LogP contribution in [-0.4, -0.2) is 38.7 Å². The molecule has 118 valence electrons. The van der Waals surface area contributed by atoms with E-state index in [-0.39, 0.29) is 5.97 Å². The molecule has 0 saturated heterocycles. The molecule has 1 rings (SSSR count). The van der Waals surface area contributed by atoms with Gasteiger partial charge in [-0.1, -0.05) is 13.0 Å². The first-order valence-corrected chi connectivity index (χ1v) is 8.15. The number of carbonyl (C=O) groups is 1. The summed E-state index contributed by atoms with van der Waals surface area (Å²) in [5.74, 6) is 1.02. The lowest BCUT2D eigenvalue weighted by Crippen LogP contribution is -2.38. The molecule has 21 heavy (non-hydrogen) atoms. The van der Waals surface area contributed by atoms with Crippen molar-refractivity contribution in [2.75, 3.05) is 26.7 Å². The van der Waals surface area contributed by atoms with Crippen LogP contribution in [0.15, 0.2) is 22.5 Å². The zero-order valence-electron chi connectivity index (χ0n) is 13.0. The van der Waals surface area contributed by atoms with E-state index in [1.54, 1.807) is 11.3 Å². The maximum absolute atomic E-state index is 11.1. The Labute approximate surface area is 130 Å². The summed E-state index contributed by atoms with van der Waals surface area (Å²) in [6.45, 7) is 6.29. The topological polar surface area (TPSA) is 62.7 Å². The van der Waals surface area contributed by atoms with Crippen LogP contribution in [0.2, 0.25) is 0 Å². The van der Waals surface area contributed by atoms with E-state index < -0.39 is 0 Å². The van der Waals surface area contributed by atoms with Gasteiger partial charge in [-0.3, -0.25) is 9.79 Å². The molecule has 0 radical (unpaired) electrons. The number of rotatable bonds is 8. The molecule has 2 N–H and O–H groups in total. The van der Waals surface area contributed by atoms with Gasteiger partial charge >= 0.3 is 5.97 Å². The summed E-state index contributed by atoms with van der Waals surface area (Å²) >= 11 is 1.78. The van der Waals surface area contributed by atoms with Crippen LogP contribution in [0.4, 0.5) is 0 Å². The summed E-state index contributed by atoms with van der Waals surface area (Å²) < 4.78 is 4.61. The Hall–Kier alpha value is -1.56. The summed E-state index contributed by atoms with van der Waals surface area (Å²) in [7, 11) is 1.40. The second kappa shape index (κ2) is 10.2. The highest BCUT2D eigenvalue weighted by molar-refractivity contribution is 7.09. The zero-order chi connectivity index (χ0) is 15.5. The van der Waals surface area contributed by atoms with Crippen LogP contribution in [0.5, 0.6) is 0 Å². The SMILES string of the molecule is CCNC(=NCC(C)Cc1cccs1)NCCC(=O)OC. The van der Waals surface area contributed by atoms with Crippen LogP contribution in [0.25, 0.3) is 0 Å². The summed E-state index contributed by atoms with van der Waals surface area (Å²) in [6, 6.07) is 4.24. The molecule has 5 nitrogen and oxygen atoms in total. The van der Waals surface area contributed by atoms with Crippen LogP contribution < -0.4 is 10.6 Å². The Kier molecular flexibility index (Phi) is 8.50. The maximum Gasteiger partial charge on any atom is 0.307 e. The number of carbonyl (C=O) groups excluding carboxylic acids is 1. The molecule has 1 aromatic rings. The van der Waals surface area contributed by atoms with E-state index in [0.29, 0.717) is 18.9 Å². The molecule has 0 aliphatic heterocycles. The van der Waals surface area contributed by atoms with E-state index in [1.165, 1.54) is 12.0 Å². The van der Waals surface area contributed by atoms with Gasteiger partial charge in [0.15, 0.2) is 5.96 Å². The predicted octanol–water partition coefficient (Wildman–Crippen LogP) is 2.04. The minimum absolute atomic E-state index is 0.218. The average molecular weight is 311 g/mol. The van der Waals surface area contributed by atoms with Crippen molar-refractivity contribution in [3.63, 3.8) is 0 Å². The molecule has 1 heterocycles. The zero-order valence-corrected chi connectivity index (χ0v) is 13.8. The summed E-state index contributed by atoms with van der Waals surface area (Å²) in [4.78, 5) is 17.0. The second-order valence-electron chi connectivity index (χ2n) is 4.86. The Morgan fingerprint density at radius 2 is 2.29 bits per heavy atom. The standard InChI is InChI=1S/C15H25N3O2S/c1-4-16-15(17-8-7-14(19)20-3)18-11-12(2)10-13-6-5-9-21-13/h5-6,9,12H,4,7-8,10-11H2,1-3H3,(H2,16,17,18). The average Bonchev–Trinajstić information content (AvgIpc) is 2.97. The first-order valence-electron chi connectivity index (χ1n) is 7.27. The summed E-state index contributed by atoms with van der Waals surface area (Å²) in [6.07, 6.45) is 1.38. The normalized spacial score (nSPS) is 12.8. The van der Waals surface area contributed by atoms with Crippen molar-refractivity contribution in [2.24, 2.45) is 10.9 Å². The minimum atomic E-state index is -0.218. The lowest BCUT2D eigenvalue weighted by Gasteiger charge is -2.12. The Morgan fingerprint density at radius 3 is 2.90 bits per heavy atom. The molecule has 1 aromatic heterocycles. The number of aliphatic imine (C=N–C) groups is 1. The highest BCUT2D eigenvalue weighted by Gasteiger charge is 2.06. The molecule has 0 aliphatic rings. The lowest BCUT2D eigenvalue weighted by molar-refractivity contribution is -0.140. The van der Waals surface area contributed by atoms with E-state index in [0.717, 1.165) is 25.5 Å². The third kappa shape index (κ3) is 7.70. The third-order valence-electron chi connectivity index (χ3n) is 2.88. The van der Waals surface area contributed by atoms with Gasteiger partial charge in [0.2, 0.25) is 0 Å². The number of ether oxygens (including phenoxy) is 1. The fraction of sp³-hybridized carbons (Fsp3) is 0.600. The number of hydrogen-bond acceptors (Lipinski definition) is 4. The third-order valence-corrected chi connectivity index (χ3v) is 3.78. The number of esters is 1. The van der Waals surface area contributed by atoms with Gasteiger partial charge in [0.1, 0.15) is 0 Å². The van der Waals surface area contributed by atoms with E-state index in [4.69, 9.17) is 0 Å². The monoisotopic (exact) mass is 311 g/mol. The van der Waals surface area contributed by atoms with Crippen LogP contribution in [-0.2, 0) is 16.0 Å². The molecule has 6 heteroatoms. The van der Waals surface area contributed by atoms with Gasteiger partial charge in [-0.15, -0.1) is 11.3 Å². The van der Waals surface area contributed by atoms with Crippen molar-refractivity contribution in [1.29, 1.82) is 0 Å². The molecule has 0 bridgehead atoms. The highest BCUT2D eigenvalue weighted by Crippen LogP contribution is 2.14. The van der Waals surface area contributed by atoms with Crippen LogP contribution in [0, 0.1) is 5.92 Å². The van der Waals surface area contributed by atoms with E-state index in [2.05, 4.69) is 44.8 Å². The smallest absolute Gasteiger partial charge is 0.307 e. The van der Waals surface area contributed by atoms with Crippen molar-refractivity contribution in [2.45, 2.75) is 26.7 Å². The number of guanidine groups is 1. The molecule has 1 unspecified atom stereocenters. The molecule has 0 saturated carbocycles. The molecular weight excluding hydrogens is 286 g/mol. The van der Waals surface area contributed by atoms with Crippen molar-refractivity contribution >= 4 is 23.3 Å². The van der Waals surface area contributed by atoms with Gasteiger partial charge in [-0.2, -0.15) is 0 Å². The van der Waals surface area contributed by atoms with Gasteiger partial charge in [-0.25, -0.2) is 0 Å². The Morgan fingerprint density at radius 1 is 1.48 bits per heavy atom. The van der Waals surface area contributed by atoms with E-state index in [1.807, 2.05) is 6.92 Å². The largest absolute Gasteiger partial charge is 0.469 e. The maximum atomic E-state index is 11.1. The fourth-order valence-electron chi connectivity index (χ4n) is 1.81. The van der Waals surface area contributed by atoms with Gasteiger partial charge < -0.3 is 15.4 Å². The highest BCUT2D eigenvalue weighted by atomic mass is 32.1. The summed E-state index contributed by atoms with van der Waals surface area (Å²) in [5.41, 5.74) is 0. The molecular formula is C15H25N3O2S. The summed E-state index contributed by atoms with van der Waals surface area (Å²) in [5, 5.41) is 8.42. The second-order valence-corrected chi connectivity index (χ2v) is 5.89. The van der Waals surface area contributed by atoms with Crippen molar-refractivity contribution in [1.82, 2.24) is 10.6 Å². The van der Waals surface area contributed by atoms with Crippen molar-refractivity contribution in [3.05, 3.63) is 22.4 Å². The number of thiophene rings is 1. The molecule has 1 atom stereocenters. The van der Waals surface area contributed by atoms with Gasteiger partial charge in [0.25, 0.3) is 0 Å². The van der Waals surface area contributed by atoms with E-state index >= 15 is 0 Å². The molecule has 0 spiro atoms. The van der Waals surface area contributed by atoms with Crippen LogP contribution in [0.1, 0.15) is 25.1 Å². The first kappa shape index (κ1) is 17.5. The Balaban J connectivity index is 2.37. The predicted molar refractivity (Wildman–Crippen MR) is 87.8 cm³/mol. The minimum Gasteiger partial charge on any atom is -0.469 e. The molecule has 0 aliphatic carbocycles. The van der Waals surface area contributed by atoms with Gasteiger partial charge in [0.05, 0.1) is 13.5 Å². The fourth-order valence-corrected chi connectivity index (χ4v) is 2.68. The Bertz CT molecular complexity index is 432.